The number of fused-ring (bicyclic) bond motifs is 1. The molecule has 0 fully saturated rings. The van der Waals surface area contributed by atoms with Gasteiger partial charge in [0.15, 0.2) is 0 Å². The number of nitrogens with zero attached hydrogens (tertiary/aromatic N) is 1. The number of halogens is 1. The summed E-state index contributed by atoms with van der Waals surface area (Å²) < 4.78 is 13.7. The molecule has 1 aromatic heterocycles. The number of hydrogen-bond donors (Lipinski definition) is 1. The van der Waals surface area contributed by atoms with Crippen molar-refractivity contribution in [3.05, 3.63) is 72.2 Å². The molecule has 3 heteroatoms. The second kappa shape index (κ2) is 5.29. The van der Waals surface area contributed by atoms with E-state index in [0.717, 1.165) is 16.6 Å². The fraction of sp³-hybridized carbons (Fsp3) is 0.118. The van der Waals surface area contributed by atoms with Gasteiger partial charge in [-0.2, -0.15) is 0 Å². The summed E-state index contributed by atoms with van der Waals surface area (Å²) in [5, 5.41) is 4.36. The smallest absolute Gasteiger partial charge is 0.128 e. The van der Waals surface area contributed by atoms with Gasteiger partial charge in [-0.15, -0.1) is 0 Å². The SMILES string of the molecule is CC(Nc1cnc2ccccc2c1)c1ccccc1F. The summed E-state index contributed by atoms with van der Waals surface area (Å²) in [5.41, 5.74) is 2.50. The Hall–Kier alpha value is -2.42. The van der Waals surface area contributed by atoms with Gasteiger partial charge in [-0.25, -0.2) is 4.39 Å². The summed E-state index contributed by atoms with van der Waals surface area (Å²) in [6.45, 7) is 1.94. The Balaban J connectivity index is 1.87. The zero-order valence-corrected chi connectivity index (χ0v) is 11.2. The highest BCUT2D eigenvalue weighted by Crippen LogP contribution is 2.23. The predicted molar refractivity (Wildman–Crippen MR) is 80.2 cm³/mol. The van der Waals surface area contributed by atoms with E-state index in [1.54, 1.807) is 18.3 Å². The van der Waals surface area contributed by atoms with Gasteiger partial charge < -0.3 is 5.32 Å². The Bertz CT molecular complexity index is 740. The predicted octanol–water partition coefficient (Wildman–Crippen LogP) is 4.55. The quantitative estimate of drug-likeness (QED) is 0.752. The number of rotatable bonds is 3. The van der Waals surface area contributed by atoms with E-state index in [4.69, 9.17) is 0 Å². The average molecular weight is 266 g/mol. The van der Waals surface area contributed by atoms with Crippen LogP contribution in [-0.2, 0) is 0 Å². The van der Waals surface area contributed by atoms with E-state index >= 15 is 0 Å². The number of pyridine rings is 1. The first-order valence-corrected chi connectivity index (χ1v) is 6.60. The van der Waals surface area contributed by atoms with Gasteiger partial charge in [0.05, 0.1) is 23.4 Å². The monoisotopic (exact) mass is 266 g/mol. The fourth-order valence-electron chi connectivity index (χ4n) is 2.30. The normalized spacial score (nSPS) is 12.3. The number of hydrogen-bond acceptors (Lipinski definition) is 2. The first-order valence-electron chi connectivity index (χ1n) is 6.60. The highest BCUT2D eigenvalue weighted by Gasteiger charge is 2.10. The molecule has 100 valence electrons. The maximum absolute atomic E-state index is 13.7. The van der Waals surface area contributed by atoms with Crippen molar-refractivity contribution >= 4 is 16.6 Å². The molecule has 3 rings (SSSR count). The Morgan fingerprint density at radius 2 is 1.80 bits per heavy atom. The Morgan fingerprint density at radius 1 is 1.05 bits per heavy atom. The lowest BCUT2D eigenvalue weighted by atomic mass is 10.1. The van der Waals surface area contributed by atoms with E-state index in [0.29, 0.717) is 5.56 Å². The van der Waals surface area contributed by atoms with Crippen LogP contribution < -0.4 is 5.32 Å². The lowest BCUT2D eigenvalue weighted by molar-refractivity contribution is 0.600. The van der Waals surface area contributed by atoms with Gasteiger partial charge in [0.1, 0.15) is 5.82 Å². The van der Waals surface area contributed by atoms with Crippen molar-refractivity contribution in [2.75, 3.05) is 5.32 Å². The van der Waals surface area contributed by atoms with Gasteiger partial charge in [-0.05, 0) is 25.1 Å². The summed E-state index contributed by atoms with van der Waals surface area (Å²) in [4.78, 5) is 4.39. The van der Waals surface area contributed by atoms with Crippen molar-refractivity contribution in [1.82, 2.24) is 4.98 Å². The largest absolute Gasteiger partial charge is 0.377 e. The molecule has 0 amide bonds. The number of benzene rings is 2. The third kappa shape index (κ3) is 2.48. The number of para-hydroxylation sites is 1. The van der Waals surface area contributed by atoms with Gasteiger partial charge in [-0.3, -0.25) is 4.98 Å². The standard InChI is InChI=1S/C17H15FN2/c1-12(15-7-3-4-8-16(15)18)20-14-10-13-6-2-5-9-17(13)19-11-14/h2-12,20H,1H3. The Kier molecular flexibility index (Phi) is 3.33. The Labute approximate surface area is 117 Å². The summed E-state index contributed by atoms with van der Waals surface area (Å²) in [6, 6.07) is 16.7. The van der Waals surface area contributed by atoms with Crippen LogP contribution in [0.5, 0.6) is 0 Å². The van der Waals surface area contributed by atoms with Crippen LogP contribution in [0.2, 0.25) is 0 Å². The molecular formula is C17H15FN2. The third-order valence-corrected chi connectivity index (χ3v) is 3.35. The van der Waals surface area contributed by atoms with E-state index in [1.807, 2.05) is 43.3 Å². The second-order valence-corrected chi connectivity index (χ2v) is 4.80. The van der Waals surface area contributed by atoms with E-state index < -0.39 is 0 Å². The van der Waals surface area contributed by atoms with Crippen LogP contribution in [0, 0.1) is 5.82 Å². The molecule has 2 nitrogen and oxygen atoms in total. The van der Waals surface area contributed by atoms with Crippen LogP contribution in [0.15, 0.2) is 60.8 Å². The van der Waals surface area contributed by atoms with Gasteiger partial charge in [0.25, 0.3) is 0 Å². The van der Waals surface area contributed by atoms with Crippen molar-refractivity contribution < 1.29 is 4.39 Å². The Morgan fingerprint density at radius 3 is 2.65 bits per heavy atom. The van der Waals surface area contributed by atoms with Crippen LogP contribution in [0.3, 0.4) is 0 Å². The minimum absolute atomic E-state index is 0.112. The topological polar surface area (TPSA) is 24.9 Å². The molecule has 0 saturated carbocycles. The molecule has 3 aromatic rings. The fourth-order valence-corrected chi connectivity index (χ4v) is 2.30. The van der Waals surface area contributed by atoms with Gasteiger partial charge in [0.2, 0.25) is 0 Å². The van der Waals surface area contributed by atoms with Crippen LogP contribution in [-0.4, -0.2) is 4.98 Å². The molecule has 1 unspecified atom stereocenters. The van der Waals surface area contributed by atoms with E-state index in [2.05, 4.69) is 10.3 Å². The van der Waals surface area contributed by atoms with Crippen molar-refractivity contribution in [1.29, 1.82) is 0 Å². The highest BCUT2D eigenvalue weighted by atomic mass is 19.1. The van der Waals surface area contributed by atoms with Crippen LogP contribution >= 0.6 is 0 Å². The maximum Gasteiger partial charge on any atom is 0.128 e. The molecule has 2 aromatic carbocycles. The second-order valence-electron chi connectivity index (χ2n) is 4.80. The van der Waals surface area contributed by atoms with E-state index in [9.17, 15) is 4.39 Å². The third-order valence-electron chi connectivity index (χ3n) is 3.35. The molecule has 0 aliphatic rings. The molecular weight excluding hydrogens is 251 g/mol. The highest BCUT2D eigenvalue weighted by molar-refractivity contribution is 5.81. The molecule has 0 saturated heterocycles. The first kappa shape index (κ1) is 12.6. The van der Waals surface area contributed by atoms with Crippen molar-refractivity contribution in [3.63, 3.8) is 0 Å². The zero-order chi connectivity index (χ0) is 13.9. The lowest BCUT2D eigenvalue weighted by Gasteiger charge is -2.16. The number of nitrogens with one attached hydrogen (secondary N) is 1. The van der Waals surface area contributed by atoms with Crippen molar-refractivity contribution in [2.24, 2.45) is 0 Å². The lowest BCUT2D eigenvalue weighted by Crippen LogP contribution is -2.08. The molecule has 0 aliphatic carbocycles. The van der Waals surface area contributed by atoms with Gasteiger partial charge >= 0.3 is 0 Å². The minimum Gasteiger partial charge on any atom is -0.377 e. The van der Waals surface area contributed by atoms with Crippen LogP contribution in [0.4, 0.5) is 10.1 Å². The summed E-state index contributed by atoms with van der Waals surface area (Å²) in [7, 11) is 0. The first-order chi connectivity index (χ1) is 9.74. The van der Waals surface area contributed by atoms with Crippen LogP contribution in [0.1, 0.15) is 18.5 Å². The molecule has 1 N–H and O–H groups in total. The summed E-state index contributed by atoms with van der Waals surface area (Å²) >= 11 is 0. The average Bonchev–Trinajstić information content (AvgIpc) is 2.47. The molecule has 0 spiro atoms. The number of anilines is 1. The molecule has 0 aliphatic heterocycles. The summed E-state index contributed by atoms with van der Waals surface area (Å²) in [6.07, 6.45) is 1.78. The van der Waals surface area contributed by atoms with Gasteiger partial charge in [0, 0.05) is 10.9 Å². The van der Waals surface area contributed by atoms with E-state index in [1.165, 1.54) is 6.07 Å². The molecule has 0 bridgehead atoms. The molecule has 20 heavy (non-hydrogen) atoms. The molecule has 0 radical (unpaired) electrons. The molecule has 1 atom stereocenters. The van der Waals surface area contributed by atoms with Crippen molar-refractivity contribution in [3.8, 4) is 0 Å². The number of aromatic nitrogens is 1. The summed E-state index contributed by atoms with van der Waals surface area (Å²) in [5.74, 6) is -0.193. The van der Waals surface area contributed by atoms with Crippen molar-refractivity contribution in [2.45, 2.75) is 13.0 Å². The maximum atomic E-state index is 13.7. The van der Waals surface area contributed by atoms with E-state index in [-0.39, 0.29) is 11.9 Å². The van der Waals surface area contributed by atoms with Gasteiger partial charge in [-0.1, -0.05) is 36.4 Å². The zero-order valence-electron chi connectivity index (χ0n) is 11.2. The van der Waals surface area contributed by atoms with Crippen LogP contribution in [0.25, 0.3) is 10.9 Å². The molecule has 1 heterocycles. The minimum atomic E-state index is -0.193.